The van der Waals surface area contributed by atoms with Gasteiger partial charge in [0.25, 0.3) is 0 Å². The van der Waals surface area contributed by atoms with E-state index in [1.165, 1.54) is 0 Å². The molecule has 4 nitrogen and oxygen atoms in total. The van der Waals surface area contributed by atoms with E-state index in [4.69, 9.17) is 0 Å². The molecule has 2 N–H and O–H groups in total. The average molecular weight is 234 g/mol. The molecule has 90 valence electrons. The predicted octanol–water partition coefficient (Wildman–Crippen LogP) is 0.258. The van der Waals surface area contributed by atoms with E-state index >= 15 is 0 Å². The SMILES string of the molecule is CCNC(C)CC(=O)NC(C)CS(C)=O. The third-order valence-corrected chi connectivity index (χ3v) is 2.91. The number of carbonyl (C=O) groups is 1. The van der Waals surface area contributed by atoms with Crippen molar-refractivity contribution in [2.45, 2.75) is 39.3 Å². The Kier molecular flexibility index (Phi) is 7.60. The minimum atomic E-state index is -0.859. The first kappa shape index (κ1) is 14.6. The lowest BCUT2D eigenvalue weighted by Crippen LogP contribution is -2.39. The Morgan fingerprint density at radius 2 is 1.93 bits per heavy atom. The first-order valence-corrected chi connectivity index (χ1v) is 7.01. The van der Waals surface area contributed by atoms with Gasteiger partial charge in [0.05, 0.1) is 0 Å². The Hall–Kier alpha value is -0.420. The fourth-order valence-corrected chi connectivity index (χ4v) is 2.21. The van der Waals surface area contributed by atoms with Gasteiger partial charge in [-0.3, -0.25) is 9.00 Å². The maximum Gasteiger partial charge on any atom is 0.221 e. The van der Waals surface area contributed by atoms with Gasteiger partial charge in [0.1, 0.15) is 0 Å². The van der Waals surface area contributed by atoms with Gasteiger partial charge in [0.2, 0.25) is 5.91 Å². The standard InChI is InChI=1S/C10H22N2O2S/c1-5-11-8(2)6-10(13)12-9(3)7-15(4)14/h8-9,11H,5-7H2,1-4H3,(H,12,13). The summed E-state index contributed by atoms with van der Waals surface area (Å²) in [4.78, 5) is 11.5. The lowest BCUT2D eigenvalue weighted by molar-refractivity contribution is -0.121. The quantitative estimate of drug-likeness (QED) is 0.664. The number of amides is 1. The van der Waals surface area contributed by atoms with Crippen molar-refractivity contribution in [3.05, 3.63) is 0 Å². The van der Waals surface area contributed by atoms with Gasteiger partial charge in [0, 0.05) is 41.3 Å². The van der Waals surface area contributed by atoms with Crippen molar-refractivity contribution >= 4 is 16.7 Å². The Balaban J connectivity index is 3.77. The molecule has 0 aliphatic rings. The molecule has 0 aliphatic heterocycles. The minimum Gasteiger partial charge on any atom is -0.353 e. The van der Waals surface area contributed by atoms with Crippen LogP contribution in [-0.4, -0.2) is 40.8 Å². The lowest BCUT2D eigenvalue weighted by Gasteiger charge is -2.15. The summed E-state index contributed by atoms with van der Waals surface area (Å²) in [5.74, 6) is 0.530. The summed E-state index contributed by atoms with van der Waals surface area (Å²) in [6.45, 7) is 6.73. The van der Waals surface area contributed by atoms with Crippen LogP contribution in [0.4, 0.5) is 0 Å². The van der Waals surface area contributed by atoms with Crippen molar-refractivity contribution in [3.63, 3.8) is 0 Å². The maximum atomic E-state index is 11.5. The number of hydrogen-bond acceptors (Lipinski definition) is 3. The molecule has 3 unspecified atom stereocenters. The lowest BCUT2D eigenvalue weighted by atomic mass is 10.2. The summed E-state index contributed by atoms with van der Waals surface area (Å²) in [6.07, 6.45) is 2.11. The molecule has 0 saturated heterocycles. The van der Waals surface area contributed by atoms with Crippen molar-refractivity contribution in [1.82, 2.24) is 10.6 Å². The van der Waals surface area contributed by atoms with Gasteiger partial charge in [-0.05, 0) is 20.4 Å². The fourth-order valence-electron chi connectivity index (χ4n) is 1.43. The van der Waals surface area contributed by atoms with Gasteiger partial charge >= 0.3 is 0 Å². The van der Waals surface area contributed by atoms with E-state index in [0.29, 0.717) is 12.2 Å². The second kappa shape index (κ2) is 7.82. The van der Waals surface area contributed by atoms with Crippen LogP contribution in [0.15, 0.2) is 0 Å². The van der Waals surface area contributed by atoms with Crippen LogP contribution >= 0.6 is 0 Å². The van der Waals surface area contributed by atoms with E-state index in [2.05, 4.69) is 10.6 Å². The van der Waals surface area contributed by atoms with Crippen molar-refractivity contribution in [3.8, 4) is 0 Å². The van der Waals surface area contributed by atoms with E-state index < -0.39 is 10.8 Å². The molecule has 1 amide bonds. The fraction of sp³-hybridized carbons (Fsp3) is 0.900. The van der Waals surface area contributed by atoms with Gasteiger partial charge in [-0.25, -0.2) is 0 Å². The van der Waals surface area contributed by atoms with E-state index in [-0.39, 0.29) is 18.0 Å². The molecule has 0 aromatic heterocycles. The van der Waals surface area contributed by atoms with Crippen LogP contribution in [0.2, 0.25) is 0 Å². The van der Waals surface area contributed by atoms with Crippen LogP contribution in [0.25, 0.3) is 0 Å². The average Bonchev–Trinajstić information content (AvgIpc) is 2.00. The summed E-state index contributed by atoms with van der Waals surface area (Å²) in [5, 5.41) is 6.00. The number of nitrogens with one attached hydrogen (secondary N) is 2. The zero-order chi connectivity index (χ0) is 11.8. The smallest absolute Gasteiger partial charge is 0.221 e. The highest BCUT2D eigenvalue weighted by atomic mass is 32.2. The molecule has 0 heterocycles. The third kappa shape index (κ3) is 8.57. The normalized spacial score (nSPS) is 16.8. The monoisotopic (exact) mass is 234 g/mol. The number of carbonyl (C=O) groups excluding carboxylic acids is 1. The molecule has 0 radical (unpaired) electrons. The molecule has 0 aromatic rings. The first-order valence-electron chi connectivity index (χ1n) is 5.28. The van der Waals surface area contributed by atoms with E-state index in [1.54, 1.807) is 6.26 Å². The zero-order valence-corrected chi connectivity index (χ0v) is 10.8. The molecule has 0 saturated carbocycles. The van der Waals surface area contributed by atoms with Gasteiger partial charge in [-0.2, -0.15) is 0 Å². The maximum absolute atomic E-state index is 11.5. The molecular weight excluding hydrogens is 212 g/mol. The molecule has 0 fully saturated rings. The topological polar surface area (TPSA) is 58.2 Å². The molecule has 0 rings (SSSR count). The van der Waals surface area contributed by atoms with Crippen LogP contribution in [0.1, 0.15) is 27.2 Å². The molecule has 0 aromatic carbocycles. The van der Waals surface area contributed by atoms with Crippen LogP contribution in [0.5, 0.6) is 0 Å². The van der Waals surface area contributed by atoms with Crippen molar-refractivity contribution in [2.75, 3.05) is 18.6 Å². The summed E-state index contributed by atoms with van der Waals surface area (Å²) < 4.78 is 10.9. The van der Waals surface area contributed by atoms with Crippen LogP contribution in [-0.2, 0) is 15.6 Å². The number of rotatable bonds is 7. The van der Waals surface area contributed by atoms with Crippen LogP contribution in [0, 0.1) is 0 Å². The van der Waals surface area contributed by atoms with E-state index in [0.717, 1.165) is 6.54 Å². The number of hydrogen-bond donors (Lipinski definition) is 2. The molecular formula is C10H22N2O2S. The Bertz CT molecular complexity index is 221. The highest BCUT2D eigenvalue weighted by Gasteiger charge is 2.11. The Morgan fingerprint density at radius 3 is 2.40 bits per heavy atom. The van der Waals surface area contributed by atoms with Crippen molar-refractivity contribution < 1.29 is 9.00 Å². The first-order chi connectivity index (χ1) is 6.95. The summed E-state index contributed by atoms with van der Waals surface area (Å²) in [6, 6.07) is 0.173. The van der Waals surface area contributed by atoms with Crippen molar-refractivity contribution in [2.24, 2.45) is 0 Å². The van der Waals surface area contributed by atoms with Crippen molar-refractivity contribution in [1.29, 1.82) is 0 Å². The third-order valence-electron chi connectivity index (χ3n) is 1.94. The second-order valence-electron chi connectivity index (χ2n) is 3.87. The zero-order valence-electron chi connectivity index (χ0n) is 10.0. The summed E-state index contributed by atoms with van der Waals surface area (Å²) in [7, 11) is -0.859. The summed E-state index contributed by atoms with van der Waals surface area (Å²) >= 11 is 0. The highest BCUT2D eigenvalue weighted by molar-refractivity contribution is 7.84. The molecule has 0 bridgehead atoms. The Morgan fingerprint density at radius 1 is 1.33 bits per heavy atom. The van der Waals surface area contributed by atoms with Crippen LogP contribution in [0.3, 0.4) is 0 Å². The van der Waals surface area contributed by atoms with Gasteiger partial charge in [-0.15, -0.1) is 0 Å². The molecule has 5 heteroatoms. The predicted molar refractivity (Wildman–Crippen MR) is 64.3 cm³/mol. The largest absolute Gasteiger partial charge is 0.353 e. The van der Waals surface area contributed by atoms with E-state index in [1.807, 2.05) is 20.8 Å². The molecule has 0 spiro atoms. The van der Waals surface area contributed by atoms with Gasteiger partial charge in [0.15, 0.2) is 0 Å². The minimum absolute atomic E-state index is 0.0152. The Labute approximate surface area is 94.7 Å². The second-order valence-corrected chi connectivity index (χ2v) is 5.35. The molecule has 0 aliphatic carbocycles. The van der Waals surface area contributed by atoms with Crippen LogP contribution < -0.4 is 10.6 Å². The highest BCUT2D eigenvalue weighted by Crippen LogP contribution is 1.92. The van der Waals surface area contributed by atoms with E-state index in [9.17, 15) is 9.00 Å². The molecule has 15 heavy (non-hydrogen) atoms. The van der Waals surface area contributed by atoms with Gasteiger partial charge < -0.3 is 10.6 Å². The summed E-state index contributed by atoms with van der Waals surface area (Å²) in [5.41, 5.74) is 0. The molecule has 3 atom stereocenters. The van der Waals surface area contributed by atoms with Gasteiger partial charge in [-0.1, -0.05) is 6.92 Å².